The van der Waals surface area contributed by atoms with E-state index in [-0.39, 0.29) is 5.43 Å². The van der Waals surface area contributed by atoms with Gasteiger partial charge >= 0.3 is 0 Å². The topological polar surface area (TPSA) is 65.4 Å². The number of H-pyrrole nitrogens is 1. The van der Waals surface area contributed by atoms with Crippen LogP contribution >= 0.6 is 0 Å². The lowest BCUT2D eigenvalue weighted by molar-refractivity contribution is 0.249. The van der Waals surface area contributed by atoms with Crippen molar-refractivity contribution in [2.75, 3.05) is 32.1 Å². The van der Waals surface area contributed by atoms with Gasteiger partial charge in [0.1, 0.15) is 5.58 Å². The zero-order chi connectivity index (χ0) is 16.0. The Bertz CT molecular complexity index is 904. The third kappa shape index (κ3) is 2.39. The Kier molecular flexibility index (Phi) is 3.34. The standard InChI is InChI=1S/C17H20N4O2/c1-20(2)11-7-9-21(10-8-11)17-18-14-15(22)12-5-3-4-6-13(12)23-16(14)19-17/h3-6,11H,7-10H2,1-2H3,(H,18,19). The van der Waals surface area contributed by atoms with Crippen LogP contribution in [0.15, 0.2) is 33.5 Å². The van der Waals surface area contributed by atoms with Gasteiger partial charge in [-0.2, -0.15) is 4.98 Å². The summed E-state index contributed by atoms with van der Waals surface area (Å²) < 4.78 is 5.78. The molecule has 6 nitrogen and oxygen atoms in total. The maximum Gasteiger partial charge on any atom is 0.250 e. The van der Waals surface area contributed by atoms with Gasteiger partial charge in [0.15, 0.2) is 5.52 Å². The number of aromatic nitrogens is 2. The fraction of sp³-hybridized carbons (Fsp3) is 0.412. The summed E-state index contributed by atoms with van der Waals surface area (Å²) in [6, 6.07) is 7.89. The summed E-state index contributed by atoms with van der Waals surface area (Å²) in [4.78, 5) is 24.7. The molecule has 1 aromatic carbocycles. The van der Waals surface area contributed by atoms with Crippen LogP contribution in [-0.2, 0) is 0 Å². The van der Waals surface area contributed by atoms with E-state index in [1.165, 1.54) is 0 Å². The number of para-hydroxylation sites is 1. The average molecular weight is 312 g/mol. The second-order valence-corrected chi connectivity index (χ2v) is 6.35. The van der Waals surface area contributed by atoms with Crippen molar-refractivity contribution >= 4 is 28.1 Å². The Morgan fingerprint density at radius 1 is 1.26 bits per heavy atom. The summed E-state index contributed by atoms with van der Waals surface area (Å²) in [6.07, 6.45) is 2.18. The molecule has 0 unspecified atom stereocenters. The van der Waals surface area contributed by atoms with Gasteiger partial charge in [0, 0.05) is 19.1 Å². The lowest BCUT2D eigenvalue weighted by Crippen LogP contribution is -2.42. The van der Waals surface area contributed by atoms with Gasteiger partial charge in [0.2, 0.25) is 11.4 Å². The van der Waals surface area contributed by atoms with Crippen LogP contribution in [0, 0.1) is 0 Å². The molecule has 23 heavy (non-hydrogen) atoms. The van der Waals surface area contributed by atoms with Crippen molar-refractivity contribution in [3.8, 4) is 0 Å². The molecular formula is C17H20N4O2. The Morgan fingerprint density at radius 3 is 2.74 bits per heavy atom. The lowest BCUT2D eigenvalue weighted by Gasteiger charge is -2.34. The number of hydrogen-bond acceptors (Lipinski definition) is 5. The van der Waals surface area contributed by atoms with E-state index in [0.29, 0.717) is 28.2 Å². The molecule has 0 bridgehead atoms. The largest absolute Gasteiger partial charge is 0.436 e. The Balaban J connectivity index is 1.71. The van der Waals surface area contributed by atoms with Crippen LogP contribution in [0.5, 0.6) is 0 Å². The molecule has 0 amide bonds. The summed E-state index contributed by atoms with van der Waals surface area (Å²) in [7, 11) is 4.24. The first-order valence-electron chi connectivity index (χ1n) is 7.96. The van der Waals surface area contributed by atoms with Crippen LogP contribution in [0.3, 0.4) is 0 Å². The quantitative estimate of drug-likeness (QED) is 0.786. The normalized spacial score (nSPS) is 16.7. The molecule has 120 valence electrons. The van der Waals surface area contributed by atoms with E-state index < -0.39 is 0 Å². The molecule has 2 aromatic heterocycles. The molecular weight excluding hydrogens is 292 g/mol. The molecule has 4 rings (SSSR count). The SMILES string of the molecule is CN(C)C1CCN(c2nc3oc4ccccc4c(=O)c3[nH]2)CC1. The van der Waals surface area contributed by atoms with Gasteiger partial charge in [-0.25, -0.2) is 0 Å². The number of fused-ring (bicyclic) bond motifs is 2. The molecule has 0 atom stereocenters. The molecule has 1 N–H and O–H groups in total. The van der Waals surface area contributed by atoms with Crippen molar-refractivity contribution in [2.45, 2.75) is 18.9 Å². The van der Waals surface area contributed by atoms with Gasteiger partial charge in [0.05, 0.1) is 5.39 Å². The van der Waals surface area contributed by atoms with E-state index in [0.717, 1.165) is 31.9 Å². The highest BCUT2D eigenvalue weighted by Crippen LogP contribution is 2.23. The van der Waals surface area contributed by atoms with Crippen LogP contribution in [0.25, 0.3) is 22.2 Å². The molecule has 0 aliphatic carbocycles. The van der Waals surface area contributed by atoms with Crippen molar-refractivity contribution in [3.63, 3.8) is 0 Å². The third-order valence-electron chi connectivity index (χ3n) is 4.72. The summed E-state index contributed by atoms with van der Waals surface area (Å²) in [6.45, 7) is 1.85. The fourth-order valence-corrected chi connectivity index (χ4v) is 3.30. The minimum atomic E-state index is -0.0521. The third-order valence-corrected chi connectivity index (χ3v) is 4.72. The molecule has 1 aliphatic rings. The number of rotatable bonds is 2. The summed E-state index contributed by atoms with van der Waals surface area (Å²) in [5.74, 6) is 0.730. The van der Waals surface area contributed by atoms with E-state index >= 15 is 0 Å². The van der Waals surface area contributed by atoms with E-state index in [2.05, 4.69) is 33.9 Å². The van der Waals surface area contributed by atoms with Crippen LogP contribution in [-0.4, -0.2) is 48.1 Å². The first kappa shape index (κ1) is 14.3. The molecule has 3 aromatic rings. The zero-order valence-electron chi connectivity index (χ0n) is 13.4. The summed E-state index contributed by atoms with van der Waals surface area (Å²) in [5.41, 5.74) is 1.37. The molecule has 1 aliphatic heterocycles. The highest BCUT2D eigenvalue weighted by Gasteiger charge is 2.23. The molecule has 0 spiro atoms. The predicted octanol–water partition coefficient (Wildman–Crippen LogP) is 2.20. The zero-order valence-corrected chi connectivity index (χ0v) is 13.4. The Morgan fingerprint density at radius 2 is 2.00 bits per heavy atom. The minimum absolute atomic E-state index is 0.0521. The van der Waals surface area contributed by atoms with Crippen LogP contribution in [0.4, 0.5) is 5.95 Å². The van der Waals surface area contributed by atoms with Gasteiger partial charge in [0.25, 0.3) is 5.71 Å². The van der Waals surface area contributed by atoms with Crippen LogP contribution < -0.4 is 10.3 Å². The smallest absolute Gasteiger partial charge is 0.250 e. The highest BCUT2D eigenvalue weighted by atomic mass is 16.3. The second-order valence-electron chi connectivity index (χ2n) is 6.35. The van der Waals surface area contributed by atoms with Crippen molar-refractivity contribution in [3.05, 3.63) is 34.5 Å². The number of nitrogens with zero attached hydrogens (tertiary/aromatic N) is 3. The van der Waals surface area contributed by atoms with E-state index in [1.54, 1.807) is 12.1 Å². The van der Waals surface area contributed by atoms with E-state index in [9.17, 15) is 4.79 Å². The fourth-order valence-electron chi connectivity index (χ4n) is 3.30. The first-order chi connectivity index (χ1) is 11.1. The van der Waals surface area contributed by atoms with Crippen LogP contribution in [0.1, 0.15) is 12.8 Å². The molecule has 3 heterocycles. The average Bonchev–Trinajstić information content (AvgIpc) is 2.99. The number of benzene rings is 1. The minimum Gasteiger partial charge on any atom is -0.436 e. The Hall–Kier alpha value is -2.34. The summed E-state index contributed by atoms with van der Waals surface area (Å²) >= 11 is 0. The molecule has 1 saturated heterocycles. The number of aromatic amines is 1. The van der Waals surface area contributed by atoms with Gasteiger partial charge in [-0.15, -0.1) is 0 Å². The van der Waals surface area contributed by atoms with Gasteiger partial charge in [-0.1, -0.05) is 12.1 Å². The van der Waals surface area contributed by atoms with Gasteiger partial charge in [-0.3, -0.25) is 4.79 Å². The van der Waals surface area contributed by atoms with Gasteiger partial charge < -0.3 is 19.2 Å². The van der Waals surface area contributed by atoms with Crippen molar-refractivity contribution < 1.29 is 4.42 Å². The van der Waals surface area contributed by atoms with Gasteiger partial charge in [-0.05, 0) is 39.1 Å². The van der Waals surface area contributed by atoms with Crippen LogP contribution in [0.2, 0.25) is 0 Å². The van der Waals surface area contributed by atoms with E-state index in [1.807, 2.05) is 12.1 Å². The molecule has 0 radical (unpaired) electrons. The maximum absolute atomic E-state index is 12.6. The van der Waals surface area contributed by atoms with Crippen molar-refractivity contribution in [2.24, 2.45) is 0 Å². The van der Waals surface area contributed by atoms with Crippen molar-refractivity contribution in [1.29, 1.82) is 0 Å². The number of imidazole rings is 1. The maximum atomic E-state index is 12.6. The molecule has 6 heteroatoms. The second kappa shape index (κ2) is 5.38. The monoisotopic (exact) mass is 312 g/mol. The number of hydrogen-bond donors (Lipinski definition) is 1. The first-order valence-corrected chi connectivity index (χ1v) is 7.96. The number of anilines is 1. The lowest BCUT2D eigenvalue weighted by atomic mass is 10.0. The molecule has 1 fully saturated rings. The highest BCUT2D eigenvalue weighted by molar-refractivity contribution is 5.87. The molecule has 0 saturated carbocycles. The number of piperidine rings is 1. The van der Waals surface area contributed by atoms with E-state index in [4.69, 9.17) is 4.42 Å². The summed E-state index contributed by atoms with van der Waals surface area (Å²) in [5, 5.41) is 0.585. The van der Waals surface area contributed by atoms with Crippen molar-refractivity contribution in [1.82, 2.24) is 14.9 Å². The number of nitrogens with one attached hydrogen (secondary N) is 1. The predicted molar refractivity (Wildman–Crippen MR) is 91.1 cm³/mol. The Labute approximate surface area is 133 Å².